The number of nitrogens with zero attached hydrogens (tertiary/aromatic N) is 3. The highest BCUT2D eigenvalue weighted by Gasteiger charge is 2.23. The molecule has 0 bridgehead atoms. The Morgan fingerprint density at radius 3 is 2.58 bits per heavy atom. The Labute approximate surface area is 199 Å². The molecule has 0 saturated carbocycles. The van der Waals surface area contributed by atoms with E-state index < -0.39 is 0 Å². The van der Waals surface area contributed by atoms with E-state index in [0.29, 0.717) is 11.6 Å². The van der Waals surface area contributed by atoms with Crippen molar-refractivity contribution in [2.45, 2.75) is 39.0 Å². The summed E-state index contributed by atoms with van der Waals surface area (Å²) in [6.07, 6.45) is 5.52. The van der Waals surface area contributed by atoms with Crippen molar-refractivity contribution < 1.29 is 4.79 Å². The fourth-order valence-corrected chi connectivity index (χ4v) is 5.55. The van der Waals surface area contributed by atoms with E-state index in [4.69, 9.17) is 16.6 Å². The molecular formula is C24H29Cl2N3OS. The van der Waals surface area contributed by atoms with Gasteiger partial charge < -0.3 is 4.90 Å². The van der Waals surface area contributed by atoms with Crippen LogP contribution < -0.4 is 4.90 Å². The highest BCUT2D eigenvalue weighted by atomic mass is 35.5. The summed E-state index contributed by atoms with van der Waals surface area (Å²) in [5.74, 6) is 0.0323. The lowest BCUT2D eigenvalue weighted by atomic mass is 9.90. The van der Waals surface area contributed by atoms with Gasteiger partial charge in [-0.15, -0.1) is 12.4 Å². The van der Waals surface area contributed by atoms with Crippen LogP contribution >= 0.6 is 35.3 Å². The zero-order valence-electron chi connectivity index (χ0n) is 18.3. The zero-order chi connectivity index (χ0) is 21.3. The molecule has 31 heavy (non-hydrogen) atoms. The van der Waals surface area contributed by atoms with E-state index in [1.807, 2.05) is 30.0 Å². The van der Waals surface area contributed by atoms with Crippen LogP contribution in [0.2, 0.25) is 5.02 Å². The summed E-state index contributed by atoms with van der Waals surface area (Å²) < 4.78 is 1.02. The van der Waals surface area contributed by atoms with Crippen LogP contribution in [0, 0.1) is 6.92 Å². The van der Waals surface area contributed by atoms with Crippen LogP contribution in [-0.4, -0.2) is 43.0 Å². The Bertz CT molecular complexity index is 1080. The normalized spacial score (nSPS) is 13.2. The number of halogens is 2. The maximum absolute atomic E-state index is 13.6. The van der Waals surface area contributed by atoms with E-state index in [-0.39, 0.29) is 18.3 Å². The van der Waals surface area contributed by atoms with Crippen LogP contribution in [-0.2, 0) is 12.8 Å². The van der Waals surface area contributed by atoms with Crippen LogP contribution in [0.15, 0.2) is 30.3 Å². The summed E-state index contributed by atoms with van der Waals surface area (Å²) >= 11 is 7.79. The molecule has 7 heteroatoms. The number of hydrogen-bond acceptors (Lipinski definition) is 4. The standard InChI is InChI=1S/C24H28ClN3OS.ClH/c1-16-13-20(25)15-21-22(16)26-24(30-21)28(12-6-11-27(2)3)23(29)19-10-9-17-7-4-5-8-18(17)14-19;/h9-10,13-15H,4-8,11-12H2,1-3H3;1H. The first-order chi connectivity index (χ1) is 14.4. The second kappa shape index (κ2) is 10.3. The second-order valence-electron chi connectivity index (χ2n) is 8.37. The van der Waals surface area contributed by atoms with Crippen molar-refractivity contribution in [1.29, 1.82) is 0 Å². The molecule has 3 aromatic rings. The molecule has 1 aromatic heterocycles. The second-order valence-corrected chi connectivity index (χ2v) is 9.82. The van der Waals surface area contributed by atoms with Gasteiger partial charge in [0.1, 0.15) is 0 Å². The first-order valence-electron chi connectivity index (χ1n) is 10.6. The van der Waals surface area contributed by atoms with E-state index in [9.17, 15) is 4.79 Å². The van der Waals surface area contributed by atoms with E-state index in [1.165, 1.54) is 24.0 Å². The molecule has 0 N–H and O–H groups in total. The van der Waals surface area contributed by atoms with Crippen LogP contribution in [0.1, 0.15) is 46.3 Å². The van der Waals surface area contributed by atoms with Crippen LogP contribution in [0.4, 0.5) is 5.13 Å². The van der Waals surface area contributed by atoms with Gasteiger partial charge in [-0.3, -0.25) is 9.69 Å². The number of carbonyl (C=O) groups excluding carboxylic acids is 1. The predicted molar refractivity (Wildman–Crippen MR) is 135 cm³/mol. The van der Waals surface area contributed by atoms with Gasteiger partial charge >= 0.3 is 0 Å². The molecule has 0 radical (unpaired) electrons. The molecule has 1 aliphatic rings. The molecule has 4 nitrogen and oxygen atoms in total. The molecule has 1 amide bonds. The molecule has 0 unspecified atom stereocenters. The smallest absolute Gasteiger partial charge is 0.260 e. The van der Waals surface area contributed by atoms with Crippen molar-refractivity contribution >= 4 is 56.6 Å². The lowest BCUT2D eigenvalue weighted by Crippen LogP contribution is -2.33. The van der Waals surface area contributed by atoms with Gasteiger partial charge in [0.25, 0.3) is 5.91 Å². The van der Waals surface area contributed by atoms with E-state index in [1.54, 1.807) is 11.3 Å². The van der Waals surface area contributed by atoms with Crippen molar-refractivity contribution in [2.75, 3.05) is 32.1 Å². The van der Waals surface area contributed by atoms with Gasteiger partial charge in [0.15, 0.2) is 5.13 Å². The predicted octanol–water partition coefficient (Wildman–Crippen LogP) is 6.16. The van der Waals surface area contributed by atoms with Gasteiger partial charge in [-0.25, -0.2) is 4.98 Å². The van der Waals surface area contributed by atoms with Crippen molar-refractivity contribution in [2.24, 2.45) is 0 Å². The van der Waals surface area contributed by atoms with Crippen molar-refractivity contribution in [3.63, 3.8) is 0 Å². The van der Waals surface area contributed by atoms with Gasteiger partial charge in [0.2, 0.25) is 0 Å². The summed E-state index contributed by atoms with van der Waals surface area (Å²) in [5, 5.41) is 1.45. The minimum atomic E-state index is 0. The zero-order valence-corrected chi connectivity index (χ0v) is 20.7. The number of aromatic nitrogens is 1. The summed E-state index contributed by atoms with van der Waals surface area (Å²) in [7, 11) is 4.11. The first kappa shape index (κ1) is 24.0. The molecule has 0 aliphatic heterocycles. The lowest BCUT2D eigenvalue weighted by molar-refractivity contribution is 0.0986. The monoisotopic (exact) mass is 477 g/mol. The summed E-state index contributed by atoms with van der Waals surface area (Å²) in [5.41, 5.74) is 5.44. The average Bonchev–Trinajstić information content (AvgIpc) is 3.14. The van der Waals surface area contributed by atoms with Crippen molar-refractivity contribution in [3.05, 3.63) is 57.6 Å². The Balaban J connectivity index is 0.00000272. The Morgan fingerprint density at radius 2 is 1.84 bits per heavy atom. The number of anilines is 1. The Hall–Kier alpha value is -1.66. The molecule has 166 valence electrons. The van der Waals surface area contributed by atoms with Gasteiger partial charge in [-0.2, -0.15) is 0 Å². The number of carbonyl (C=O) groups is 1. The van der Waals surface area contributed by atoms with Crippen molar-refractivity contribution in [1.82, 2.24) is 9.88 Å². The quantitative estimate of drug-likeness (QED) is 0.426. The number of hydrogen-bond donors (Lipinski definition) is 0. The summed E-state index contributed by atoms with van der Waals surface area (Å²) in [6.45, 7) is 3.57. The number of amides is 1. The third-order valence-corrected chi connectivity index (χ3v) is 6.94. The van der Waals surface area contributed by atoms with E-state index in [2.05, 4.69) is 31.1 Å². The molecule has 0 spiro atoms. The Kier molecular flexibility index (Phi) is 7.98. The number of aryl methyl sites for hydroxylation is 3. The highest BCUT2D eigenvalue weighted by Crippen LogP contribution is 2.34. The minimum Gasteiger partial charge on any atom is -0.309 e. The molecule has 2 aromatic carbocycles. The largest absolute Gasteiger partial charge is 0.309 e. The highest BCUT2D eigenvalue weighted by molar-refractivity contribution is 7.22. The summed E-state index contributed by atoms with van der Waals surface area (Å²) in [4.78, 5) is 22.4. The molecule has 0 saturated heterocycles. The third-order valence-electron chi connectivity index (χ3n) is 5.70. The Morgan fingerprint density at radius 1 is 1.10 bits per heavy atom. The topological polar surface area (TPSA) is 36.4 Å². The van der Waals surface area contributed by atoms with Gasteiger partial charge in [0.05, 0.1) is 10.2 Å². The summed E-state index contributed by atoms with van der Waals surface area (Å²) in [6, 6.07) is 10.1. The minimum absolute atomic E-state index is 0. The molecule has 1 aliphatic carbocycles. The number of fused-ring (bicyclic) bond motifs is 2. The van der Waals surface area contributed by atoms with E-state index >= 15 is 0 Å². The third kappa shape index (κ3) is 5.40. The SMILES string of the molecule is Cc1cc(Cl)cc2sc(N(CCCN(C)C)C(=O)c3ccc4c(c3)CCCC4)nc12.Cl. The van der Waals surface area contributed by atoms with Gasteiger partial charge in [-0.05, 0) is 101 Å². The fourth-order valence-electron chi connectivity index (χ4n) is 4.11. The first-order valence-corrected chi connectivity index (χ1v) is 11.8. The molecule has 1 heterocycles. The number of benzene rings is 2. The van der Waals surface area contributed by atoms with Crippen molar-refractivity contribution in [3.8, 4) is 0 Å². The van der Waals surface area contributed by atoms with E-state index in [0.717, 1.165) is 52.3 Å². The van der Waals surface area contributed by atoms with Crippen LogP contribution in [0.25, 0.3) is 10.2 Å². The molecule has 0 fully saturated rings. The maximum Gasteiger partial charge on any atom is 0.260 e. The molecule has 4 rings (SSSR count). The molecule has 0 atom stereocenters. The number of rotatable bonds is 6. The fraction of sp³-hybridized carbons (Fsp3) is 0.417. The maximum atomic E-state index is 13.6. The van der Waals surface area contributed by atoms with Gasteiger partial charge in [-0.1, -0.05) is 29.0 Å². The molecular weight excluding hydrogens is 449 g/mol. The number of thiazole rings is 1. The van der Waals surface area contributed by atoms with Crippen LogP contribution in [0.5, 0.6) is 0 Å². The lowest BCUT2D eigenvalue weighted by Gasteiger charge is -2.22. The van der Waals surface area contributed by atoms with Gasteiger partial charge in [0, 0.05) is 17.1 Å². The average molecular weight is 478 g/mol. The van der Waals surface area contributed by atoms with Crippen LogP contribution in [0.3, 0.4) is 0 Å².